The molecule has 17 heavy (non-hydrogen) atoms. The molecule has 2 aromatic heterocycles. The topological polar surface area (TPSA) is 38.0 Å². The summed E-state index contributed by atoms with van der Waals surface area (Å²) in [4.78, 5) is 5.11. The van der Waals surface area contributed by atoms with Crippen LogP contribution in [-0.2, 0) is 6.54 Å². The number of thiazole rings is 2. The Labute approximate surface area is 113 Å². The van der Waals surface area contributed by atoms with Crippen molar-refractivity contribution in [1.29, 1.82) is 0 Å². The van der Waals surface area contributed by atoms with Crippen LogP contribution in [0.25, 0.3) is 12.2 Å². The van der Waals surface area contributed by atoms with Crippen LogP contribution in [0.1, 0.15) is 22.5 Å². The number of nitrogens with zero attached hydrogens (tertiary/aromatic N) is 2. The van der Waals surface area contributed by atoms with Crippen molar-refractivity contribution < 1.29 is 5.11 Å². The number of hydrogen-bond donors (Lipinski definition) is 1. The highest BCUT2D eigenvalue weighted by atomic mass is 32.1. The summed E-state index contributed by atoms with van der Waals surface area (Å²) in [5.74, 6) is 0.243. The molecule has 0 atom stereocenters. The first-order chi connectivity index (χ1) is 8.11. The van der Waals surface area contributed by atoms with Crippen molar-refractivity contribution in [2.45, 2.75) is 20.4 Å². The van der Waals surface area contributed by atoms with Gasteiger partial charge in [-0.05, 0) is 38.2 Å². The van der Waals surface area contributed by atoms with E-state index in [1.54, 1.807) is 15.9 Å². The van der Waals surface area contributed by atoms with Gasteiger partial charge >= 0.3 is 0 Å². The van der Waals surface area contributed by atoms with Crippen LogP contribution >= 0.6 is 34.9 Å². The molecule has 0 amide bonds. The summed E-state index contributed by atoms with van der Waals surface area (Å²) in [7, 11) is 0. The van der Waals surface area contributed by atoms with Gasteiger partial charge in [0.25, 0.3) is 0 Å². The molecule has 0 fully saturated rings. The first kappa shape index (κ1) is 12.5. The average molecular weight is 284 g/mol. The molecule has 1 N–H and O–H groups in total. The fraction of sp³-hybridized carbons (Fsp3) is 0.273. The molecule has 0 spiro atoms. The monoisotopic (exact) mass is 284 g/mol. The van der Waals surface area contributed by atoms with E-state index in [0.717, 1.165) is 15.6 Å². The molecule has 2 aromatic rings. The third-order valence-corrected chi connectivity index (χ3v) is 4.56. The van der Waals surface area contributed by atoms with Gasteiger partial charge in [-0.3, -0.25) is 4.57 Å². The van der Waals surface area contributed by atoms with Gasteiger partial charge in [0.1, 0.15) is 5.01 Å². The molecule has 3 nitrogen and oxygen atoms in total. The zero-order valence-corrected chi connectivity index (χ0v) is 12.0. The Morgan fingerprint density at radius 1 is 1.53 bits per heavy atom. The molecule has 0 bridgehead atoms. The molecule has 0 radical (unpaired) electrons. The van der Waals surface area contributed by atoms with Gasteiger partial charge in [0, 0.05) is 17.6 Å². The predicted molar refractivity (Wildman–Crippen MR) is 76.3 cm³/mol. The normalized spacial score (nSPS) is 11.4. The molecular weight excluding hydrogens is 272 g/mol. The average Bonchev–Trinajstić information content (AvgIpc) is 2.81. The molecular formula is C11H12N2OS3. The number of aromatic hydroxyl groups is 1. The van der Waals surface area contributed by atoms with Crippen molar-refractivity contribution in [2.24, 2.45) is 0 Å². The second kappa shape index (κ2) is 5.12. The summed E-state index contributed by atoms with van der Waals surface area (Å²) in [5, 5.41) is 12.9. The summed E-state index contributed by atoms with van der Waals surface area (Å²) in [6.07, 6.45) is 3.76. The SMILES string of the molecule is CCn1c(O)c(C=Cc2nc(C)cs2)sc1=S. The fourth-order valence-corrected chi connectivity index (χ4v) is 3.42. The van der Waals surface area contributed by atoms with Gasteiger partial charge in [-0.25, -0.2) is 4.98 Å². The Hall–Kier alpha value is -0.980. The third kappa shape index (κ3) is 2.65. The molecule has 2 rings (SSSR count). The summed E-state index contributed by atoms with van der Waals surface area (Å²) in [6, 6.07) is 0. The van der Waals surface area contributed by atoms with Crippen LogP contribution < -0.4 is 0 Å². The van der Waals surface area contributed by atoms with Crippen molar-refractivity contribution in [3.8, 4) is 5.88 Å². The molecule has 2 heterocycles. The summed E-state index contributed by atoms with van der Waals surface area (Å²) < 4.78 is 2.41. The highest BCUT2D eigenvalue weighted by molar-refractivity contribution is 7.73. The number of aromatic nitrogens is 2. The van der Waals surface area contributed by atoms with Crippen molar-refractivity contribution in [3.63, 3.8) is 0 Å². The van der Waals surface area contributed by atoms with Crippen LogP contribution in [0.3, 0.4) is 0 Å². The lowest BCUT2D eigenvalue weighted by Crippen LogP contribution is -1.91. The van der Waals surface area contributed by atoms with E-state index in [-0.39, 0.29) is 5.88 Å². The van der Waals surface area contributed by atoms with Crippen LogP contribution in [0, 0.1) is 10.9 Å². The minimum absolute atomic E-state index is 0.243. The molecule has 0 aliphatic heterocycles. The van der Waals surface area contributed by atoms with E-state index in [2.05, 4.69) is 4.98 Å². The second-order valence-corrected chi connectivity index (χ2v) is 6.03. The zero-order valence-electron chi connectivity index (χ0n) is 9.51. The summed E-state index contributed by atoms with van der Waals surface area (Å²) >= 11 is 8.16. The van der Waals surface area contributed by atoms with Gasteiger partial charge < -0.3 is 5.11 Å². The fourth-order valence-electron chi connectivity index (χ4n) is 1.40. The van der Waals surface area contributed by atoms with E-state index in [9.17, 15) is 5.11 Å². The maximum absolute atomic E-state index is 9.93. The smallest absolute Gasteiger partial charge is 0.210 e. The lowest BCUT2D eigenvalue weighted by Gasteiger charge is -1.97. The third-order valence-electron chi connectivity index (χ3n) is 2.22. The highest BCUT2D eigenvalue weighted by Gasteiger charge is 2.07. The molecule has 0 saturated carbocycles. The number of aryl methyl sites for hydroxylation is 1. The Kier molecular flexibility index (Phi) is 3.76. The van der Waals surface area contributed by atoms with Crippen LogP contribution in [0.2, 0.25) is 0 Å². The molecule has 0 aliphatic carbocycles. The Morgan fingerprint density at radius 3 is 2.82 bits per heavy atom. The lowest BCUT2D eigenvalue weighted by molar-refractivity contribution is 0.419. The quantitative estimate of drug-likeness (QED) is 0.868. The van der Waals surface area contributed by atoms with E-state index >= 15 is 0 Å². The molecule has 90 valence electrons. The van der Waals surface area contributed by atoms with E-state index in [0.29, 0.717) is 10.5 Å². The highest BCUT2D eigenvalue weighted by Crippen LogP contribution is 2.28. The van der Waals surface area contributed by atoms with Gasteiger partial charge in [-0.1, -0.05) is 0 Å². The first-order valence-corrected chi connectivity index (χ1v) is 7.25. The molecule has 0 aromatic carbocycles. The van der Waals surface area contributed by atoms with Crippen LogP contribution in [-0.4, -0.2) is 14.7 Å². The molecule has 0 unspecified atom stereocenters. The Balaban J connectivity index is 2.30. The van der Waals surface area contributed by atoms with E-state index < -0.39 is 0 Å². The molecule has 6 heteroatoms. The number of rotatable bonds is 3. The Bertz CT molecular complexity index is 607. The van der Waals surface area contributed by atoms with Crippen LogP contribution in [0.4, 0.5) is 0 Å². The minimum Gasteiger partial charge on any atom is -0.493 e. The van der Waals surface area contributed by atoms with Gasteiger partial charge in [0.15, 0.2) is 3.95 Å². The van der Waals surface area contributed by atoms with Crippen molar-refractivity contribution in [2.75, 3.05) is 0 Å². The van der Waals surface area contributed by atoms with Crippen LogP contribution in [0.15, 0.2) is 5.38 Å². The van der Waals surface area contributed by atoms with Gasteiger partial charge in [-0.2, -0.15) is 0 Å². The predicted octanol–water partition coefficient (Wildman–Crippen LogP) is 3.94. The Morgan fingerprint density at radius 2 is 2.29 bits per heavy atom. The van der Waals surface area contributed by atoms with Gasteiger partial charge in [0.05, 0.1) is 4.88 Å². The summed E-state index contributed by atoms with van der Waals surface area (Å²) in [5.41, 5.74) is 1.01. The van der Waals surface area contributed by atoms with Crippen molar-refractivity contribution >= 4 is 47.0 Å². The largest absolute Gasteiger partial charge is 0.493 e. The first-order valence-electron chi connectivity index (χ1n) is 5.14. The van der Waals surface area contributed by atoms with E-state index in [1.807, 2.05) is 31.4 Å². The van der Waals surface area contributed by atoms with Gasteiger partial charge in [-0.15, -0.1) is 22.7 Å². The van der Waals surface area contributed by atoms with Crippen molar-refractivity contribution in [3.05, 3.63) is 24.9 Å². The number of hydrogen-bond acceptors (Lipinski definition) is 5. The maximum atomic E-state index is 9.93. The zero-order chi connectivity index (χ0) is 12.4. The summed E-state index contributed by atoms with van der Waals surface area (Å²) in [6.45, 7) is 4.61. The maximum Gasteiger partial charge on any atom is 0.210 e. The minimum atomic E-state index is 0.243. The lowest BCUT2D eigenvalue weighted by atomic mass is 10.4. The molecule has 0 aliphatic rings. The second-order valence-electron chi connectivity index (χ2n) is 3.46. The molecule has 0 saturated heterocycles. The van der Waals surface area contributed by atoms with E-state index in [1.165, 1.54) is 11.3 Å². The van der Waals surface area contributed by atoms with E-state index in [4.69, 9.17) is 12.2 Å². The van der Waals surface area contributed by atoms with Crippen molar-refractivity contribution in [1.82, 2.24) is 9.55 Å². The van der Waals surface area contributed by atoms with Gasteiger partial charge in [0.2, 0.25) is 5.88 Å². The standard InChI is InChI=1S/C11H12N2OS3/c1-3-13-10(14)8(17-11(13)15)4-5-9-12-7(2)6-16-9/h4-6,14H,3H2,1-2H3. The van der Waals surface area contributed by atoms with Crippen LogP contribution in [0.5, 0.6) is 5.88 Å².